The summed E-state index contributed by atoms with van der Waals surface area (Å²) in [6, 6.07) is 17.0. The lowest BCUT2D eigenvalue weighted by atomic mass is 9.33. The Labute approximate surface area is 119 Å². The first-order valence-electron chi connectivity index (χ1n) is 6.87. The van der Waals surface area contributed by atoms with Gasteiger partial charge in [-0.1, -0.05) is 43.0 Å². The van der Waals surface area contributed by atoms with E-state index in [0.717, 1.165) is 11.4 Å². The van der Waals surface area contributed by atoms with Crippen molar-refractivity contribution in [2.75, 3.05) is 10.6 Å². The highest BCUT2D eigenvalue weighted by Gasteiger charge is 2.37. The Morgan fingerprint density at radius 3 is 2.05 bits per heavy atom. The van der Waals surface area contributed by atoms with E-state index in [9.17, 15) is 0 Å². The summed E-state index contributed by atoms with van der Waals surface area (Å²) in [5.74, 6) is 0. The van der Waals surface area contributed by atoms with Gasteiger partial charge in [-0.25, -0.2) is 0 Å². The molecular formula is C17H15BN2. The fourth-order valence-corrected chi connectivity index (χ4v) is 3.32. The van der Waals surface area contributed by atoms with Crippen LogP contribution in [0.1, 0.15) is 6.92 Å². The number of rotatable bonds is 0. The lowest BCUT2D eigenvalue weighted by molar-refractivity contribution is 1.29. The summed E-state index contributed by atoms with van der Waals surface area (Å²) in [4.78, 5) is 0. The molecule has 0 bridgehead atoms. The first kappa shape index (κ1) is 11.4. The number of benzene rings is 2. The van der Waals surface area contributed by atoms with Crippen LogP contribution in [0.15, 0.2) is 72.0 Å². The molecule has 0 atom stereocenters. The zero-order valence-corrected chi connectivity index (χ0v) is 11.4. The van der Waals surface area contributed by atoms with Crippen LogP contribution in [0.5, 0.6) is 0 Å². The van der Waals surface area contributed by atoms with Gasteiger partial charge in [-0.15, -0.1) is 0 Å². The van der Waals surface area contributed by atoms with Gasteiger partial charge in [-0.2, -0.15) is 0 Å². The summed E-state index contributed by atoms with van der Waals surface area (Å²) in [5, 5.41) is 6.93. The van der Waals surface area contributed by atoms with E-state index in [0.29, 0.717) is 0 Å². The van der Waals surface area contributed by atoms with E-state index in [1.54, 1.807) is 0 Å². The molecular weight excluding hydrogens is 243 g/mol. The first-order valence-corrected chi connectivity index (χ1v) is 6.87. The zero-order chi connectivity index (χ0) is 13.7. The van der Waals surface area contributed by atoms with Crippen LogP contribution >= 0.6 is 0 Å². The van der Waals surface area contributed by atoms with Crippen LogP contribution in [0, 0.1) is 0 Å². The number of hydrogen-bond acceptors (Lipinski definition) is 2. The standard InChI is InChI=1S/C17H15BN2/c1-11-17-12(2)20-16-10-6-4-8-14(16)18(17)13-7-3-5-9-15(13)19-11/h3-10,19-20H,1H2,2H3. The van der Waals surface area contributed by atoms with E-state index in [1.807, 2.05) is 0 Å². The smallest absolute Gasteiger partial charge is 0.251 e. The number of hydrogen-bond donors (Lipinski definition) is 2. The summed E-state index contributed by atoms with van der Waals surface area (Å²) in [7, 11) is 0. The normalized spacial score (nSPS) is 15.8. The molecule has 3 heteroatoms. The topological polar surface area (TPSA) is 24.1 Å². The minimum Gasteiger partial charge on any atom is -0.360 e. The third-order valence-electron chi connectivity index (χ3n) is 4.17. The van der Waals surface area contributed by atoms with Crippen molar-refractivity contribution in [1.29, 1.82) is 0 Å². The average Bonchev–Trinajstić information content (AvgIpc) is 2.46. The van der Waals surface area contributed by atoms with Crippen LogP contribution in [-0.4, -0.2) is 6.71 Å². The van der Waals surface area contributed by atoms with Crippen molar-refractivity contribution in [3.05, 3.63) is 72.0 Å². The van der Waals surface area contributed by atoms with Crippen LogP contribution < -0.4 is 21.6 Å². The third-order valence-corrected chi connectivity index (χ3v) is 4.17. The first-order chi connectivity index (χ1) is 9.75. The molecule has 2 aromatic rings. The van der Waals surface area contributed by atoms with Gasteiger partial charge in [0.05, 0.1) is 0 Å². The molecule has 0 aliphatic carbocycles. The monoisotopic (exact) mass is 258 g/mol. The van der Waals surface area contributed by atoms with E-state index in [-0.39, 0.29) is 6.71 Å². The van der Waals surface area contributed by atoms with E-state index in [2.05, 4.69) is 72.7 Å². The number of fused-ring (bicyclic) bond motifs is 5. The fourth-order valence-electron chi connectivity index (χ4n) is 3.32. The Balaban J connectivity index is 2.03. The molecule has 2 aliphatic heterocycles. The Hall–Kier alpha value is -2.42. The lowest BCUT2D eigenvalue weighted by Gasteiger charge is -2.35. The summed E-state index contributed by atoms with van der Waals surface area (Å²) in [6.07, 6.45) is 0. The molecule has 0 aromatic heterocycles. The van der Waals surface area contributed by atoms with Crippen molar-refractivity contribution in [3.63, 3.8) is 0 Å². The Kier molecular flexibility index (Phi) is 2.30. The van der Waals surface area contributed by atoms with E-state index in [1.165, 1.54) is 27.8 Å². The van der Waals surface area contributed by atoms with Gasteiger partial charge in [0, 0.05) is 22.8 Å². The fraction of sp³-hybridized carbons (Fsp3) is 0.0588. The quantitative estimate of drug-likeness (QED) is 0.709. The van der Waals surface area contributed by atoms with Gasteiger partial charge >= 0.3 is 0 Å². The molecule has 0 spiro atoms. The lowest BCUT2D eigenvalue weighted by Crippen LogP contribution is -2.52. The molecule has 0 unspecified atom stereocenters. The van der Waals surface area contributed by atoms with E-state index >= 15 is 0 Å². The molecule has 2 N–H and O–H groups in total. The van der Waals surface area contributed by atoms with E-state index < -0.39 is 0 Å². The number of para-hydroxylation sites is 2. The largest absolute Gasteiger partial charge is 0.360 e. The van der Waals surface area contributed by atoms with Crippen molar-refractivity contribution >= 4 is 29.0 Å². The molecule has 2 aromatic carbocycles. The van der Waals surface area contributed by atoms with Crippen molar-refractivity contribution in [2.24, 2.45) is 0 Å². The second kappa shape index (κ2) is 4.04. The molecule has 2 nitrogen and oxygen atoms in total. The molecule has 96 valence electrons. The summed E-state index contributed by atoms with van der Waals surface area (Å²) in [5.41, 5.74) is 8.45. The highest BCUT2D eigenvalue weighted by Crippen LogP contribution is 2.30. The third kappa shape index (κ3) is 1.46. The van der Waals surface area contributed by atoms with Crippen LogP contribution in [0.4, 0.5) is 11.4 Å². The number of anilines is 2. The highest BCUT2D eigenvalue weighted by molar-refractivity contribution is 6.94. The molecule has 20 heavy (non-hydrogen) atoms. The average molecular weight is 258 g/mol. The molecule has 0 saturated heterocycles. The summed E-state index contributed by atoms with van der Waals surface area (Å²) in [6.45, 7) is 6.61. The molecule has 0 fully saturated rings. The van der Waals surface area contributed by atoms with Crippen molar-refractivity contribution in [1.82, 2.24) is 0 Å². The van der Waals surface area contributed by atoms with Gasteiger partial charge in [-0.3, -0.25) is 0 Å². The predicted molar refractivity (Wildman–Crippen MR) is 87.0 cm³/mol. The number of nitrogens with one attached hydrogen (secondary N) is 2. The van der Waals surface area contributed by atoms with Crippen molar-refractivity contribution in [3.8, 4) is 0 Å². The minimum absolute atomic E-state index is 0.275. The summed E-state index contributed by atoms with van der Waals surface area (Å²) < 4.78 is 0. The maximum Gasteiger partial charge on any atom is 0.251 e. The predicted octanol–water partition coefficient (Wildman–Crippen LogP) is 2.47. The Morgan fingerprint density at radius 2 is 1.40 bits per heavy atom. The van der Waals surface area contributed by atoms with Crippen LogP contribution in [0.3, 0.4) is 0 Å². The minimum atomic E-state index is 0.275. The van der Waals surface area contributed by atoms with Crippen molar-refractivity contribution in [2.45, 2.75) is 6.92 Å². The Bertz CT molecular complexity index is 761. The molecule has 2 aliphatic rings. The molecule has 4 rings (SSSR count). The summed E-state index contributed by atoms with van der Waals surface area (Å²) >= 11 is 0. The van der Waals surface area contributed by atoms with E-state index in [4.69, 9.17) is 0 Å². The molecule has 0 radical (unpaired) electrons. The van der Waals surface area contributed by atoms with Crippen LogP contribution in [0.2, 0.25) is 0 Å². The van der Waals surface area contributed by atoms with Gasteiger partial charge in [0.2, 0.25) is 0 Å². The molecule has 2 heterocycles. The molecule has 0 amide bonds. The second-order valence-electron chi connectivity index (χ2n) is 5.37. The van der Waals surface area contributed by atoms with Gasteiger partial charge in [0.15, 0.2) is 0 Å². The van der Waals surface area contributed by atoms with Gasteiger partial charge in [0.25, 0.3) is 6.71 Å². The van der Waals surface area contributed by atoms with Gasteiger partial charge in [0.1, 0.15) is 0 Å². The van der Waals surface area contributed by atoms with Gasteiger partial charge in [-0.05, 0) is 35.5 Å². The zero-order valence-electron chi connectivity index (χ0n) is 11.4. The Morgan fingerprint density at radius 1 is 0.850 bits per heavy atom. The maximum atomic E-state index is 4.21. The van der Waals surface area contributed by atoms with Gasteiger partial charge < -0.3 is 10.6 Å². The molecule has 0 saturated carbocycles. The van der Waals surface area contributed by atoms with Crippen LogP contribution in [0.25, 0.3) is 0 Å². The maximum absolute atomic E-state index is 4.21. The van der Waals surface area contributed by atoms with Crippen molar-refractivity contribution < 1.29 is 0 Å². The highest BCUT2D eigenvalue weighted by atomic mass is 14.9. The second-order valence-corrected chi connectivity index (χ2v) is 5.37. The van der Waals surface area contributed by atoms with Crippen LogP contribution in [-0.2, 0) is 0 Å². The number of allylic oxidation sites excluding steroid dienone is 2. The SMILES string of the molecule is C=C1Nc2ccccc2B2C1=C(C)Nc1ccccc12.